The molecule has 0 spiro atoms. The molecule has 2 aromatic heterocycles. The molecule has 3 aromatic rings. The number of furan rings is 1. The number of primary amides is 1. The number of fused-ring (bicyclic) bond motifs is 1. The zero-order valence-corrected chi connectivity index (χ0v) is 18.1. The summed E-state index contributed by atoms with van der Waals surface area (Å²) in [6.07, 6.45) is 2.90. The van der Waals surface area contributed by atoms with Crippen LogP contribution in [-0.4, -0.2) is 49.8 Å². The van der Waals surface area contributed by atoms with Gasteiger partial charge in [0.2, 0.25) is 11.7 Å². The predicted octanol–water partition coefficient (Wildman–Crippen LogP) is 3.24. The van der Waals surface area contributed by atoms with E-state index in [-0.39, 0.29) is 23.8 Å². The molecule has 5 rings (SSSR count). The Morgan fingerprint density at radius 1 is 1.23 bits per heavy atom. The largest absolute Gasteiger partial charge is 0.461 e. The van der Waals surface area contributed by atoms with Crippen LogP contribution in [-0.2, 0) is 4.79 Å². The SMILES string of the molecule is NC(=O)C1CCN(C(c2ccc(Cl)cc2)C2Sc3nc(-c4ccco4)nn3C2=O)CC1. The Morgan fingerprint density at radius 3 is 2.58 bits per heavy atom. The number of hydrogen-bond donors (Lipinski definition) is 1. The first-order chi connectivity index (χ1) is 15.0. The summed E-state index contributed by atoms with van der Waals surface area (Å²) in [5, 5.41) is 5.15. The molecule has 8 nitrogen and oxygen atoms in total. The molecular formula is C21H20ClN5O3S. The summed E-state index contributed by atoms with van der Waals surface area (Å²) in [5.74, 6) is 0.410. The molecule has 2 atom stereocenters. The van der Waals surface area contributed by atoms with Crippen molar-refractivity contribution >= 4 is 35.2 Å². The Bertz CT molecular complexity index is 1110. The summed E-state index contributed by atoms with van der Waals surface area (Å²) in [6.45, 7) is 1.36. The summed E-state index contributed by atoms with van der Waals surface area (Å²) in [6, 6.07) is 10.9. The topological polar surface area (TPSA) is 107 Å². The molecule has 0 aliphatic carbocycles. The van der Waals surface area contributed by atoms with Gasteiger partial charge in [-0.15, -0.1) is 5.10 Å². The van der Waals surface area contributed by atoms with E-state index in [0.717, 1.165) is 5.56 Å². The normalized spacial score (nSPS) is 20.7. The molecule has 10 heteroatoms. The highest BCUT2D eigenvalue weighted by Gasteiger charge is 2.44. The molecule has 1 aromatic carbocycles. The molecule has 0 bridgehead atoms. The molecule has 1 fully saturated rings. The Morgan fingerprint density at radius 2 is 1.97 bits per heavy atom. The number of nitrogens with two attached hydrogens (primary N) is 1. The molecule has 160 valence electrons. The average Bonchev–Trinajstić information content (AvgIpc) is 3.49. The first kappa shape index (κ1) is 20.3. The van der Waals surface area contributed by atoms with Gasteiger partial charge in [-0.3, -0.25) is 14.5 Å². The van der Waals surface area contributed by atoms with Crippen LogP contribution in [0.15, 0.2) is 52.2 Å². The minimum atomic E-state index is -0.410. The fourth-order valence-corrected chi connectivity index (χ4v) is 5.59. The van der Waals surface area contributed by atoms with E-state index in [4.69, 9.17) is 21.8 Å². The number of rotatable bonds is 5. The van der Waals surface area contributed by atoms with Crippen LogP contribution in [0.1, 0.15) is 29.2 Å². The van der Waals surface area contributed by atoms with Gasteiger partial charge in [0.15, 0.2) is 10.9 Å². The predicted molar refractivity (Wildman–Crippen MR) is 116 cm³/mol. The Kier molecular flexibility index (Phi) is 5.33. The van der Waals surface area contributed by atoms with Gasteiger partial charge in [-0.05, 0) is 55.8 Å². The highest BCUT2D eigenvalue weighted by atomic mass is 35.5. The van der Waals surface area contributed by atoms with E-state index < -0.39 is 5.25 Å². The van der Waals surface area contributed by atoms with Crippen LogP contribution in [0.4, 0.5) is 0 Å². The number of hydrogen-bond acceptors (Lipinski definition) is 7. The van der Waals surface area contributed by atoms with E-state index in [1.165, 1.54) is 16.4 Å². The smallest absolute Gasteiger partial charge is 0.264 e. The first-order valence-electron chi connectivity index (χ1n) is 10.0. The third kappa shape index (κ3) is 3.77. The molecular weight excluding hydrogens is 438 g/mol. The molecule has 31 heavy (non-hydrogen) atoms. The van der Waals surface area contributed by atoms with Crippen molar-refractivity contribution < 1.29 is 14.0 Å². The average molecular weight is 458 g/mol. The number of nitrogens with zero attached hydrogens (tertiary/aromatic N) is 4. The summed E-state index contributed by atoms with van der Waals surface area (Å²) in [7, 11) is 0. The molecule has 4 heterocycles. The van der Waals surface area contributed by atoms with Gasteiger partial charge in [0.05, 0.1) is 12.3 Å². The minimum Gasteiger partial charge on any atom is -0.461 e. The second kappa shape index (κ2) is 8.14. The lowest BCUT2D eigenvalue weighted by Gasteiger charge is -2.38. The van der Waals surface area contributed by atoms with Crippen LogP contribution in [0.2, 0.25) is 5.02 Å². The van der Waals surface area contributed by atoms with Crippen LogP contribution in [0.25, 0.3) is 11.6 Å². The van der Waals surface area contributed by atoms with Crippen LogP contribution >= 0.6 is 23.4 Å². The lowest BCUT2D eigenvalue weighted by atomic mass is 9.92. The molecule has 2 aliphatic heterocycles. The molecule has 1 amide bonds. The number of amides is 1. The maximum Gasteiger partial charge on any atom is 0.264 e. The third-order valence-corrected chi connectivity index (χ3v) is 7.27. The summed E-state index contributed by atoms with van der Waals surface area (Å²) >= 11 is 7.50. The van der Waals surface area contributed by atoms with E-state index in [2.05, 4.69) is 15.0 Å². The van der Waals surface area contributed by atoms with E-state index in [9.17, 15) is 9.59 Å². The number of aromatic nitrogens is 3. The maximum absolute atomic E-state index is 13.4. The standard InChI is InChI=1S/C21H20ClN5O3S/c22-14-5-3-12(4-6-14)16(26-9-7-13(8-10-26)18(23)28)17-20(29)27-21(31-17)24-19(25-27)15-2-1-11-30-15/h1-6,11,13,16-17H,7-10H2,(H2,23,28). The van der Waals surface area contributed by atoms with Crippen LogP contribution < -0.4 is 5.73 Å². The minimum absolute atomic E-state index is 0.123. The first-order valence-corrected chi connectivity index (χ1v) is 11.3. The van der Waals surface area contributed by atoms with Gasteiger partial charge in [0.1, 0.15) is 5.25 Å². The van der Waals surface area contributed by atoms with Gasteiger partial charge >= 0.3 is 0 Å². The number of thioether (sulfide) groups is 1. The number of carbonyl (C=O) groups is 2. The molecule has 1 saturated heterocycles. The Hall–Kier alpha value is -2.62. The van der Waals surface area contributed by atoms with Crippen molar-refractivity contribution in [1.29, 1.82) is 0 Å². The number of benzene rings is 1. The zero-order chi connectivity index (χ0) is 21.5. The summed E-state index contributed by atoms with van der Waals surface area (Å²) in [5.41, 5.74) is 6.49. The number of halogens is 1. The van der Waals surface area contributed by atoms with Gasteiger partial charge in [-0.2, -0.15) is 9.67 Å². The Labute approximate surface area is 187 Å². The molecule has 2 N–H and O–H groups in total. The van der Waals surface area contributed by atoms with Crippen molar-refractivity contribution in [3.63, 3.8) is 0 Å². The van der Waals surface area contributed by atoms with Crippen molar-refractivity contribution in [1.82, 2.24) is 19.7 Å². The highest BCUT2D eigenvalue weighted by Crippen LogP contribution is 2.42. The monoisotopic (exact) mass is 457 g/mol. The molecule has 0 radical (unpaired) electrons. The Balaban J connectivity index is 1.44. The lowest BCUT2D eigenvalue weighted by Crippen LogP contribution is -2.45. The highest BCUT2D eigenvalue weighted by molar-refractivity contribution is 8.00. The van der Waals surface area contributed by atoms with Crippen molar-refractivity contribution in [2.24, 2.45) is 11.7 Å². The summed E-state index contributed by atoms with van der Waals surface area (Å²) < 4.78 is 6.72. The van der Waals surface area contributed by atoms with Crippen LogP contribution in [0, 0.1) is 5.92 Å². The van der Waals surface area contributed by atoms with Gasteiger partial charge in [-0.25, -0.2) is 0 Å². The maximum atomic E-state index is 13.4. The van der Waals surface area contributed by atoms with Crippen LogP contribution in [0.5, 0.6) is 0 Å². The lowest BCUT2D eigenvalue weighted by molar-refractivity contribution is -0.123. The number of likely N-dealkylation sites (tertiary alicyclic amines) is 1. The quantitative estimate of drug-likeness (QED) is 0.626. The number of piperidine rings is 1. The van der Waals surface area contributed by atoms with Crippen LogP contribution in [0.3, 0.4) is 0 Å². The van der Waals surface area contributed by atoms with E-state index >= 15 is 0 Å². The van der Waals surface area contributed by atoms with E-state index in [1.54, 1.807) is 18.4 Å². The second-order valence-corrected chi connectivity index (χ2v) is 9.24. The number of carbonyl (C=O) groups excluding carboxylic acids is 2. The van der Waals surface area contributed by atoms with Crippen molar-refractivity contribution in [3.05, 3.63) is 53.2 Å². The second-order valence-electron chi connectivity index (χ2n) is 7.69. The van der Waals surface area contributed by atoms with E-state index in [0.29, 0.717) is 47.7 Å². The van der Waals surface area contributed by atoms with Crippen molar-refractivity contribution in [2.45, 2.75) is 29.3 Å². The van der Waals surface area contributed by atoms with Gasteiger partial charge in [0, 0.05) is 10.9 Å². The fourth-order valence-electron chi connectivity index (χ4n) is 4.21. The molecule has 2 unspecified atom stereocenters. The molecule has 2 aliphatic rings. The van der Waals surface area contributed by atoms with Crippen molar-refractivity contribution in [2.75, 3.05) is 13.1 Å². The third-order valence-electron chi connectivity index (χ3n) is 5.83. The van der Waals surface area contributed by atoms with Gasteiger partial charge < -0.3 is 10.2 Å². The molecule has 0 saturated carbocycles. The van der Waals surface area contributed by atoms with Gasteiger partial charge in [0.25, 0.3) is 5.91 Å². The van der Waals surface area contributed by atoms with Gasteiger partial charge in [-0.1, -0.05) is 35.5 Å². The zero-order valence-electron chi connectivity index (χ0n) is 16.5. The van der Waals surface area contributed by atoms with E-state index in [1.807, 2.05) is 24.3 Å². The van der Waals surface area contributed by atoms with Crippen molar-refractivity contribution in [3.8, 4) is 11.6 Å². The summed E-state index contributed by atoms with van der Waals surface area (Å²) in [4.78, 5) is 31.7. The fraction of sp³-hybridized carbons (Fsp3) is 0.333.